The molecular formula is C15H23FN2O. The third-order valence-electron chi connectivity index (χ3n) is 3.61. The first kappa shape index (κ1) is 14.3. The minimum atomic E-state index is -0.150. The van der Waals surface area contributed by atoms with Gasteiger partial charge < -0.3 is 15.0 Å². The average molecular weight is 266 g/mol. The summed E-state index contributed by atoms with van der Waals surface area (Å²) in [6.07, 6.45) is 3.75. The van der Waals surface area contributed by atoms with Crippen molar-refractivity contribution in [3.63, 3.8) is 0 Å². The smallest absolute Gasteiger partial charge is 0.129 e. The van der Waals surface area contributed by atoms with Crippen LogP contribution in [0.15, 0.2) is 18.2 Å². The number of anilines is 1. The summed E-state index contributed by atoms with van der Waals surface area (Å²) in [6.45, 7) is 2.21. The molecule has 2 rings (SSSR count). The molecule has 0 aliphatic carbocycles. The van der Waals surface area contributed by atoms with Gasteiger partial charge in [0.15, 0.2) is 0 Å². The molecule has 1 aromatic carbocycles. The fourth-order valence-electron chi connectivity index (χ4n) is 2.61. The van der Waals surface area contributed by atoms with Crippen molar-refractivity contribution in [1.29, 1.82) is 0 Å². The molecule has 1 N–H and O–H groups in total. The first-order valence-electron chi connectivity index (χ1n) is 6.97. The highest BCUT2D eigenvalue weighted by Crippen LogP contribution is 2.24. The molecular weight excluding hydrogens is 243 g/mol. The molecule has 106 valence electrons. The number of ether oxygens (including phenoxy) is 1. The van der Waals surface area contributed by atoms with Crippen molar-refractivity contribution >= 4 is 5.69 Å². The fraction of sp³-hybridized carbons (Fsp3) is 0.600. The van der Waals surface area contributed by atoms with Crippen molar-refractivity contribution in [2.45, 2.75) is 31.9 Å². The van der Waals surface area contributed by atoms with Crippen LogP contribution in [0, 0.1) is 5.82 Å². The van der Waals surface area contributed by atoms with E-state index in [-0.39, 0.29) is 11.9 Å². The van der Waals surface area contributed by atoms with Gasteiger partial charge in [-0.1, -0.05) is 6.07 Å². The highest BCUT2D eigenvalue weighted by molar-refractivity contribution is 5.53. The van der Waals surface area contributed by atoms with E-state index in [1.807, 2.05) is 20.2 Å². The number of hydrogen-bond acceptors (Lipinski definition) is 3. The molecule has 1 heterocycles. The van der Waals surface area contributed by atoms with Crippen LogP contribution in [-0.4, -0.2) is 33.4 Å². The summed E-state index contributed by atoms with van der Waals surface area (Å²) < 4.78 is 19.6. The summed E-state index contributed by atoms with van der Waals surface area (Å²) in [7, 11) is 3.84. The minimum absolute atomic E-state index is 0.150. The van der Waals surface area contributed by atoms with Crippen LogP contribution in [0.4, 0.5) is 10.1 Å². The molecule has 1 unspecified atom stereocenters. The van der Waals surface area contributed by atoms with Gasteiger partial charge in [0, 0.05) is 38.0 Å². The predicted molar refractivity (Wildman–Crippen MR) is 76.0 cm³/mol. The van der Waals surface area contributed by atoms with E-state index in [9.17, 15) is 4.39 Å². The molecule has 1 fully saturated rings. The lowest BCUT2D eigenvalue weighted by atomic mass is 10.1. The third-order valence-corrected chi connectivity index (χ3v) is 3.61. The van der Waals surface area contributed by atoms with E-state index in [1.54, 1.807) is 6.07 Å². The first-order chi connectivity index (χ1) is 9.22. The number of rotatable bonds is 5. The maximum absolute atomic E-state index is 13.9. The van der Waals surface area contributed by atoms with E-state index in [4.69, 9.17) is 4.74 Å². The van der Waals surface area contributed by atoms with Crippen LogP contribution >= 0.6 is 0 Å². The molecule has 19 heavy (non-hydrogen) atoms. The molecule has 0 saturated carbocycles. The SMILES string of the molecule is CNCc1c(F)cccc1N(C)CC1CCCCO1. The van der Waals surface area contributed by atoms with Crippen LogP contribution < -0.4 is 10.2 Å². The molecule has 0 bridgehead atoms. The molecule has 1 atom stereocenters. The lowest BCUT2D eigenvalue weighted by molar-refractivity contribution is 0.0216. The molecule has 0 aromatic heterocycles. The Morgan fingerprint density at radius 1 is 1.42 bits per heavy atom. The molecule has 0 radical (unpaired) electrons. The molecule has 1 aliphatic heterocycles. The predicted octanol–water partition coefficient (Wildman–Crippen LogP) is 2.55. The lowest BCUT2D eigenvalue weighted by Crippen LogP contribution is -2.34. The quantitative estimate of drug-likeness (QED) is 0.886. The van der Waals surface area contributed by atoms with Crippen LogP contribution in [-0.2, 0) is 11.3 Å². The minimum Gasteiger partial charge on any atom is -0.376 e. The van der Waals surface area contributed by atoms with Crippen molar-refractivity contribution in [3.8, 4) is 0 Å². The zero-order valence-corrected chi connectivity index (χ0v) is 11.8. The number of nitrogens with one attached hydrogen (secondary N) is 1. The standard InChI is InChI=1S/C15H23FN2O/c1-17-10-13-14(16)7-5-8-15(13)18(2)11-12-6-3-4-9-19-12/h5,7-8,12,17H,3-4,6,9-11H2,1-2H3. The number of hydrogen-bond donors (Lipinski definition) is 1. The summed E-state index contributed by atoms with van der Waals surface area (Å²) in [6, 6.07) is 5.25. The van der Waals surface area contributed by atoms with E-state index in [0.29, 0.717) is 6.54 Å². The maximum atomic E-state index is 13.9. The molecule has 1 aliphatic rings. The largest absolute Gasteiger partial charge is 0.376 e. The van der Waals surface area contributed by atoms with Crippen molar-refractivity contribution in [2.75, 3.05) is 32.1 Å². The van der Waals surface area contributed by atoms with Gasteiger partial charge in [-0.2, -0.15) is 0 Å². The van der Waals surface area contributed by atoms with Gasteiger partial charge in [-0.15, -0.1) is 0 Å². The number of likely N-dealkylation sites (N-methyl/N-ethyl adjacent to an activating group) is 1. The van der Waals surface area contributed by atoms with E-state index in [0.717, 1.165) is 37.2 Å². The summed E-state index contributed by atoms with van der Waals surface area (Å²) in [4.78, 5) is 2.10. The molecule has 1 aromatic rings. The molecule has 4 heteroatoms. The van der Waals surface area contributed by atoms with Gasteiger partial charge in [-0.25, -0.2) is 4.39 Å². The maximum Gasteiger partial charge on any atom is 0.129 e. The Morgan fingerprint density at radius 3 is 2.95 bits per heavy atom. The Hall–Kier alpha value is -1.13. The van der Waals surface area contributed by atoms with Crippen molar-refractivity contribution in [2.24, 2.45) is 0 Å². The first-order valence-corrected chi connectivity index (χ1v) is 6.97. The number of benzene rings is 1. The monoisotopic (exact) mass is 266 g/mol. The van der Waals surface area contributed by atoms with E-state index in [2.05, 4.69) is 10.2 Å². The van der Waals surface area contributed by atoms with Crippen LogP contribution in [0.25, 0.3) is 0 Å². The van der Waals surface area contributed by atoms with Gasteiger partial charge >= 0.3 is 0 Å². The van der Waals surface area contributed by atoms with Crippen molar-refractivity contribution < 1.29 is 9.13 Å². The highest BCUT2D eigenvalue weighted by Gasteiger charge is 2.18. The fourth-order valence-corrected chi connectivity index (χ4v) is 2.61. The Balaban J connectivity index is 2.08. The molecule has 0 spiro atoms. The van der Waals surface area contributed by atoms with Gasteiger partial charge in [0.2, 0.25) is 0 Å². The lowest BCUT2D eigenvalue weighted by Gasteiger charge is -2.30. The summed E-state index contributed by atoms with van der Waals surface area (Å²) in [5.74, 6) is -0.150. The van der Waals surface area contributed by atoms with Crippen molar-refractivity contribution in [3.05, 3.63) is 29.6 Å². The molecule has 0 amide bonds. The average Bonchev–Trinajstić information content (AvgIpc) is 2.42. The van der Waals surface area contributed by atoms with E-state index < -0.39 is 0 Å². The van der Waals surface area contributed by atoms with Crippen LogP contribution in [0.1, 0.15) is 24.8 Å². The normalized spacial score (nSPS) is 19.4. The zero-order chi connectivity index (χ0) is 13.7. The van der Waals surface area contributed by atoms with Gasteiger partial charge in [-0.05, 0) is 38.4 Å². The van der Waals surface area contributed by atoms with Crippen molar-refractivity contribution in [1.82, 2.24) is 5.32 Å². The van der Waals surface area contributed by atoms with Crippen LogP contribution in [0.3, 0.4) is 0 Å². The van der Waals surface area contributed by atoms with Gasteiger partial charge in [-0.3, -0.25) is 0 Å². The Bertz CT molecular complexity index is 405. The summed E-state index contributed by atoms with van der Waals surface area (Å²) >= 11 is 0. The second-order valence-corrected chi connectivity index (χ2v) is 5.14. The summed E-state index contributed by atoms with van der Waals surface area (Å²) in [5.41, 5.74) is 1.67. The Kier molecular flexibility index (Phi) is 5.16. The summed E-state index contributed by atoms with van der Waals surface area (Å²) in [5, 5.41) is 3.03. The van der Waals surface area contributed by atoms with Crippen LogP contribution in [0.5, 0.6) is 0 Å². The van der Waals surface area contributed by atoms with Gasteiger partial charge in [0.25, 0.3) is 0 Å². The second-order valence-electron chi connectivity index (χ2n) is 5.14. The second kappa shape index (κ2) is 6.87. The van der Waals surface area contributed by atoms with Gasteiger partial charge in [0.1, 0.15) is 5.82 Å². The topological polar surface area (TPSA) is 24.5 Å². The Morgan fingerprint density at radius 2 is 2.26 bits per heavy atom. The zero-order valence-electron chi connectivity index (χ0n) is 11.8. The Labute approximate surface area is 114 Å². The molecule has 1 saturated heterocycles. The number of nitrogens with zero attached hydrogens (tertiary/aromatic N) is 1. The highest BCUT2D eigenvalue weighted by atomic mass is 19.1. The van der Waals surface area contributed by atoms with Crippen LogP contribution in [0.2, 0.25) is 0 Å². The number of halogens is 1. The van der Waals surface area contributed by atoms with Gasteiger partial charge in [0.05, 0.1) is 6.10 Å². The van der Waals surface area contributed by atoms with E-state index >= 15 is 0 Å². The third kappa shape index (κ3) is 3.67. The molecule has 3 nitrogen and oxygen atoms in total. The van der Waals surface area contributed by atoms with E-state index in [1.165, 1.54) is 12.5 Å².